The Labute approximate surface area is 177 Å². The first kappa shape index (κ1) is 21.1. The SMILES string of the molecule is COc1ccc(-c2csc(NC(=O)COC(=O)c3cc(OC)cc(OC)c3)n2)cc1. The van der Waals surface area contributed by atoms with Crippen molar-refractivity contribution in [2.75, 3.05) is 33.3 Å². The molecule has 2 aromatic carbocycles. The molecule has 0 unspecified atom stereocenters. The van der Waals surface area contributed by atoms with Crippen LogP contribution in [-0.4, -0.2) is 44.8 Å². The first-order valence-electron chi connectivity index (χ1n) is 8.82. The summed E-state index contributed by atoms with van der Waals surface area (Å²) in [7, 11) is 4.56. The van der Waals surface area contributed by atoms with Crippen molar-refractivity contribution < 1.29 is 28.5 Å². The fraction of sp³-hybridized carbons (Fsp3) is 0.190. The minimum atomic E-state index is -0.666. The summed E-state index contributed by atoms with van der Waals surface area (Å²) < 4.78 is 20.5. The van der Waals surface area contributed by atoms with Crippen LogP contribution in [0.25, 0.3) is 11.3 Å². The number of aromatic nitrogens is 1. The van der Waals surface area contributed by atoms with Crippen LogP contribution in [0, 0.1) is 0 Å². The van der Waals surface area contributed by atoms with Crippen molar-refractivity contribution in [2.45, 2.75) is 0 Å². The van der Waals surface area contributed by atoms with Gasteiger partial charge >= 0.3 is 5.97 Å². The first-order valence-corrected chi connectivity index (χ1v) is 9.70. The van der Waals surface area contributed by atoms with Gasteiger partial charge in [0.15, 0.2) is 11.7 Å². The smallest absolute Gasteiger partial charge is 0.338 e. The van der Waals surface area contributed by atoms with Crippen molar-refractivity contribution in [3.63, 3.8) is 0 Å². The van der Waals surface area contributed by atoms with Gasteiger partial charge < -0.3 is 18.9 Å². The zero-order valence-corrected chi connectivity index (χ0v) is 17.4. The highest BCUT2D eigenvalue weighted by Gasteiger charge is 2.14. The summed E-state index contributed by atoms with van der Waals surface area (Å²) in [4.78, 5) is 28.8. The van der Waals surface area contributed by atoms with Crippen LogP contribution in [0.3, 0.4) is 0 Å². The first-order chi connectivity index (χ1) is 14.5. The fourth-order valence-electron chi connectivity index (χ4n) is 2.52. The highest BCUT2D eigenvalue weighted by Crippen LogP contribution is 2.26. The summed E-state index contributed by atoms with van der Waals surface area (Å²) in [6.07, 6.45) is 0. The number of benzene rings is 2. The number of methoxy groups -OCH3 is 3. The second kappa shape index (κ2) is 9.75. The van der Waals surface area contributed by atoms with Crippen LogP contribution in [0.5, 0.6) is 17.2 Å². The molecule has 1 heterocycles. The van der Waals surface area contributed by atoms with E-state index < -0.39 is 18.5 Å². The molecule has 8 nitrogen and oxygen atoms in total. The lowest BCUT2D eigenvalue weighted by Crippen LogP contribution is -2.20. The second-order valence-electron chi connectivity index (χ2n) is 5.99. The van der Waals surface area contributed by atoms with Gasteiger partial charge in [-0.25, -0.2) is 9.78 Å². The highest BCUT2D eigenvalue weighted by atomic mass is 32.1. The molecule has 0 saturated carbocycles. The topological polar surface area (TPSA) is 96.0 Å². The summed E-state index contributed by atoms with van der Waals surface area (Å²) in [5.41, 5.74) is 1.83. The number of anilines is 1. The Hall–Kier alpha value is -3.59. The van der Waals surface area contributed by atoms with E-state index in [0.29, 0.717) is 16.6 Å². The number of hydrogen-bond acceptors (Lipinski definition) is 8. The predicted molar refractivity (Wildman–Crippen MR) is 113 cm³/mol. The number of rotatable bonds is 8. The molecule has 1 aromatic heterocycles. The monoisotopic (exact) mass is 428 g/mol. The van der Waals surface area contributed by atoms with Crippen LogP contribution < -0.4 is 19.5 Å². The maximum absolute atomic E-state index is 12.2. The van der Waals surface area contributed by atoms with Gasteiger partial charge in [0.25, 0.3) is 5.91 Å². The number of ether oxygens (including phenoxy) is 4. The molecule has 0 aliphatic carbocycles. The zero-order valence-electron chi connectivity index (χ0n) is 16.6. The molecule has 0 aliphatic rings. The lowest BCUT2D eigenvalue weighted by molar-refractivity contribution is -0.119. The Kier molecular flexibility index (Phi) is 6.87. The molecule has 0 fully saturated rings. The summed E-state index contributed by atoms with van der Waals surface area (Å²) >= 11 is 1.28. The zero-order chi connectivity index (χ0) is 21.5. The van der Waals surface area contributed by atoms with E-state index >= 15 is 0 Å². The van der Waals surface area contributed by atoms with Gasteiger partial charge in [0.1, 0.15) is 17.2 Å². The van der Waals surface area contributed by atoms with Gasteiger partial charge in [-0.3, -0.25) is 10.1 Å². The average molecular weight is 428 g/mol. The lowest BCUT2D eigenvalue weighted by atomic mass is 10.2. The maximum Gasteiger partial charge on any atom is 0.338 e. The van der Waals surface area contributed by atoms with Crippen molar-refractivity contribution in [2.24, 2.45) is 0 Å². The number of nitrogens with zero attached hydrogens (tertiary/aromatic N) is 1. The van der Waals surface area contributed by atoms with Gasteiger partial charge in [-0.2, -0.15) is 0 Å². The van der Waals surface area contributed by atoms with Crippen molar-refractivity contribution in [3.8, 4) is 28.5 Å². The average Bonchev–Trinajstić information content (AvgIpc) is 3.25. The van der Waals surface area contributed by atoms with Gasteiger partial charge in [0.2, 0.25) is 0 Å². The van der Waals surface area contributed by atoms with Crippen molar-refractivity contribution in [1.82, 2.24) is 4.98 Å². The number of amides is 1. The number of nitrogens with one attached hydrogen (secondary N) is 1. The minimum absolute atomic E-state index is 0.218. The number of hydrogen-bond donors (Lipinski definition) is 1. The molecule has 3 rings (SSSR count). The van der Waals surface area contributed by atoms with E-state index in [4.69, 9.17) is 18.9 Å². The van der Waals surface area contributed by atoms with Crippen LogP contribution in [0.15, 0.2) is 47.8 Å². The number of carbonyl (C=O) groups excluding carboxylic acids is 2. The molecule has 0 bridgehead atoms. The van der Waals surface area contributed by atoms with E-state index in [9.17, 15) is 9.59 Å². The van der Waals surface area contributed by atoms with E-state index in [1.165, 1.54) is 37.7 Å². The molecule has 0 saturated heterocycles. The van der Waals surface area contributed by atoms with Gasteiger partial charge in [-0.05, 0) is 36.4 Å². The molecule has 30 heavy (non-hydrogen) atoms. The van der Waals surface area contributed by atoms with Gasteiger partial charge in [-0.15, -0.1) is 11.3 Å². The van der Waals surface area contributed by atoms with Crippen LogP contribution in [0.1, 0.15) is 10.4 Å². The van der Waals surface area contributed by atoms with E-state index in [1.807, 2.05) is 29.6 Å². The standard InChI is InChI=1S/C21H20N2O6S/c1-26-15-6-4-13(5-7-15)18-12-30-21(22-18)23-19(24)11-29-20(25)14-8-16(27-2)10-17(9-14)28-3/h4-10,12H,11H2,1-3H3,(H,22,23,24). The van der Waals surface area contributed by atoms with Crippen LogP contribution >= 0.6 is 11.3 Å². The van der Waals surface area contributed by atoms with E-state index in [-0.39, 0.29) is 5.56 Å². The van der Waals surface area contributed by atoms with Gasteiger partial charge in [0.05, 0.1) is 32.6 Å². The molecule has 0 aliphatic heterocycles. The third-order valence-electron chi connectivity index (χ3n) is 4.06. The van der Waals surface area contributed by atoms with Gasteiger partial charge in [-0.1, -0.05) is 0 Å². The number of esters is 1. The minimum Gasteiger partial charge on any atom is -0.497 e. The quantitative estimate of drug-likeness (QED) is 0.547. The van der Waals surface area contributed by atoms with Crippen LogP contribution in [0.4, 0.5) is 5.13 Å². The van der Waals surface area contributed by atoms with Crippen LogP contribution in [0.2, 0.25) is 0 Å². The third kappa shape index (κ3) is 5.26. The molecule has 1 amide bonds. The number of thiazole rings is 1. The summed E-state index contributed by atoms with van der Waals surface area (Å²) in [6.45, 7) is -0.449. The molecule has 9 heteroatoms. The molecular weight excluding hydrogens is 408 g/mol. The highest BCUT2D eigenvalue weighted by molar-refractivity contribution is 7.14. The Morgan fingerprint density at radius 1 is 0.933 bits per heavy atom. The summed E-state index contributed by atoms with van der Waals surface area (Å²) in [5, 5.41) is 4.86. The van der Waals surface area contributed by atoms with Crippen LogP contribution in [-0.2, 0) is 9.53 Å². The van der Waals surface area contributed by atoms with E-state index in [0.717, 1.165) is 17.0 Å². The number of carbonyl (C=O) groups is 2. The Balaban J connectivity index is 1.57. The van der Waals surface area contributed by atoms with Crippen molar-refractivity contribution in [3.05, 3.63) is 53.4 Å². The summed E-state index contributed by atoms with van der Waals surface area (Å²) in [5.74, 6) is 0.478. The molecule has 0 radical (unpaired) electrons. The Bertz CT molecular complexity index is 1010. The normalized spacial score (nSPS) is 10.2. The Morgan fingerprint density at radius 3 is 2.17 bits per heavy atom. The molecule has 0 spiro atoms. The second-order valence-corrected chi connectivity index (χ2v) is 6.85. The summed E-state index contributed by atoms with van der Waals surface area (Å²) in [6, 6.07) is 12.1. The molecule has 156 valence electrons. The third-order valence-corrected chi connectivity index (χ3v) is 4.82. The molecule has 1 N–H and O–H groups in total. The van der Waals surface area contributed by atoms with E-state index in [1.54, 1.807) is 13.2 Å². The van der Waals surface area contributed by atoms with Crippen molar-refractivity contribution in [1.29, 1.82) is 0 Å². The molecule has 0 atom stereocenters. The lowest BCUT2D eigenvalue weighted by Gasteiger charge is -2.08. The molecular formula is C21H20N2O6S. The van der Waals surface area contributed by atoms with E-state index in [2.05, 4.69) is 10.3 Å². The van der Waals surface area contributed by atoms with Crippen molar-refractivity contribution >= 4 is 28.3 Å². The fourth-order valence-corrected chi connectivity index (χ4v) is 3.26. The largest absolute Gasteiger partial charge is 0.497 e. The predicted octanol–water partition coefficient (Wildman–Crippen LogP) is 3.63. The Morgan fingerprint density at radius 2 is 1.57 bits per heavy atom. The van der Waals surface area contributed by atoms with Gasteiger partial charge in [0, 0.05) is 17.0 Å². The molecule has 3 aromatic rings. The maximum atomic E-state index is 12.2.